The Hall–Kier alpha value is -1.54. The molecule has 0 bridgehead atoms. The van der Waals surface area contributed by atoms with E-state index < -0.39 is 15.9 Å². The molecule has 2 heterocycles. The van der Waals surface area contributed by atoms with Crippen LogP contribution in [0.2, 0.25) is 10.0 Å². The average molecular weight is 389 g/mol. The van der Waals surface area contributed by atoms with Crippen LogP contribution >= 0.6 is 23.2 Å². The summed E-state index contributed by atoms with van der Waals surface area (Å²) in [6, 6.07) is 7.19. The van der Waals surface area contributed by atoms with Crippen LogP contribution in [-0.4, -0.2) is 31.7 Å². The average Bonchev–Trinajstić information content (AvgIpc) is 3.18. The number of amides is 1. The summed E-state index contributed by atoms with van der Waals surface area (Å²) in [4.78, 5) is 12.2. The monoisotopic (exact) mass is 388 g/mol. The summed E-state index contributed by atoms with van der Waals surface area (Å²) in [5.74, 6) is -0.694. The van der Waals surface area contributed by atoms with E-state index in [1.54, 1.807) is 0 Å². The Balaban J connectivity index is 1.78. The number of halogens is 2. The molecule has 3 rings (SSSR count). The predicted molar refractivity (Wildman–Crippen MR) is 91.1 cm³/mol. The van der Waals surface area contributed by atoms with Crippen molar-refractivity contribution in [3.8, 4) is 0 Å². The number of rotatable bonds is 4. The SMILES string of the molecule is O=C(Nc1cc(Cl)cc(Cl)c1)c1ccc(S(=O)(=O)N2CCCC2)o1. The van der Waals surface area contributed by atoms with Crippen LogP contribution in [-0.2, 0) is 10.0 Å². The zero-order valence-electron chi connectivity index (χ0n) is 12.5. The van der Waals surface area contributed by atoms with Gasteiger partial charge in [-0.15, -0.1) is 0 Å². The predicted octanol–water partition coefficient (Wildman–Crippen LogP) is 3.62. The van der Waals surface area contributed by atoms with Gasteiger partial charge in [-0.05, 0) is 43.2 Å². The van der Waals surface area contributed by atoms with Crippen LogP contribution in [0, 0.1) is 0 Å². The van der Waals surface area contributed by atoms with Gasteiger partial charge in [0, 0.05) is 28.8 Å². The molecule has 1 N–H and O–H groups in total. The standard InChI is InChI=1S/C15H14Cl2N2O4S/c16-10-7-11(17)9-12(8-10)18-15(20)13-3-4-14(23-13)24(21,22)19-5-1-2-6-19/h3-4,7-9H,1-2,5-6H2,(H,18,20). The third kappa shape index (κ3) is 3.59. The molecule has 6 nitrogen and oxygen atoms in total. The molecule has 2 aromatic rings. The Bertz CT molecular complexity index is 853. The van der Waals surface area contributed by atoms with Gasteiger partial charge in [0.25, 0.3) is 15.9 Å². The van der Waals surface area contributed by atoms with E-state index in [1.165, 1.54) is 34.6 Å². The molecule has 1 amide bonds. The lowest BCUT2D eigenvalue weighted by molar-refractivity contribution is 0.0991. The van der Waals surface area contributed by atoms with Crippen molar-refractivity contribution in [2.45, 2.75) is 17.9 Å². The van der Waals surface area contributed by atoms with Crippen LogP contribution in [0.3, 0.4) is 0 Å². The normalized spacial score (nSPS) is 15.6. The quantitative estimate of drug-likeness (QED) is 0.866. The molecule has 0 atom stereocenters. The van der Waals surface area contributed by atoms with E-state index in [1.807, 2.05) is 0 Å². The van der Waals surface area contributed by atoms with E-state index in [9.17, 15) is 13.2 Å². The van der Waals surface area contributed by atoms with Crippen molar-refractivity contribution >= 4 is 44.8 Å². The van der Waals surface area contributed by atoms with Crippen molar-refractivity contribution in [3.63, 3.8) is 0 Å². The van der Waals surface area contributed by atoms with Crippen molar-refractivity contribution in [3.05, 3.63) is 46.1 Å². The van der Waals surface area contributed by atoms with E-state index >= 15 is 0 Å². The molecular formula is C15H14Cl2N2O4S. The van der Waals surface area contributed by atoms with Gasteiger partial charge in [0.05, 0.1) is 0 Å². The fourth-order valence-electron chi connectivity index (χ4n) is 2.46. The van der Waals surface area contributed by atoms with E-state index in [2.05, 4.69) is 5.32 Å². The summed E-state index contributed by atoms with van der Waals surface area (Å²) in [5.41, 5.74) is 0.387. The van der Waals surface area contributed by atoms with Gasteiger partial charge in [-0.3, -0.25) is 4.79 Å². The molecule has 1 aromatic heterocycles. The van der Waals surface area contributed by atoms with E-state index in [-0.39, 0.29) is 10.9 Å². The van der Waals surface area contributed by atoms with Crippen LogP contribution < -0.4 is 5.32 Å². The van der Waals surface area contributed by atoms with Gasteiger partial charge in [-0.2, -0.15) is 4.31 Å². The van der Waals surface area contributed by atoms with Crippen molar-refractivity contribution in [2.75, 3.05) is 18.4 Å². The maximum Gasteiger partial charge on any atom is 0.291 e. The molecule has 0 radical (unpaired) electrons. The topological polar surface area (TPSA) is 79.6 Å². The van der Waals surface area contributed by atoms with Gasteiger partial charge in [0.15, 0.2) is 5.76 Å². The van der Waals surface area contributed by atoms with Crippen molar-refractivity contribution in [2.24, 2.45) is 0 Å². The van der Waals surface area contributed by atoms with E-state index in [0.717, 1.165) is 12.8 Å². The Morgan fingerprint density at radius 2 is 1.71 bits per heavy atom. The second kappa shape index (κ2) is 6.76. The highest BCUT2D eigenvalue weighted by atomic mass is 35.5. The Morgan fingerprint density at radius 1 is 1.08 bits per heavy atom. The van der Waals surface area contributed by atoms with Crippen LogP contribution in [0.1, 0.15) is 23.4 Å². The van der Waals surface area contributed by atoms with Crippen LogP contribution in [0.4, 0.5) is 5.69 Å². The lowest BCUT2D eigenvalue weighted by Gasteiger charge is -2.12. The molecule has 1 saturated heterocycles. The number of carbonyl (C=O) groups is 1. The minimum absolute atomic E-state index is 0.108. The molecular weight excluding hydrogens is 375 g/mol. The first-order valence-electron chi connectivity index (χ1n) is 7.24. The van der Waals surface area contributed by atoms with Gasteiger partial charge in [0.1, 0.15) is 0 Å². The highest BCUT2D eigenvalue weighted by Crippen LogP contribution is 2.25. The molecule has 0 saturated carbocycles. The number of sulfonamides is 1. The zero-order chi connectivity index (χ0) is 17.3. The molecule has 1 aliphatic rings. The van der Waals surface area contributed by atoms with E-state index in [4.69, 9.17) is 27.6 Å². The minimum Gasteiger partial charge on any atom is -0.438 e. The number of benzene rings is 1. The number of carbonyl (C=O) groups excluding carboxylic acids is 1. The molecule has 0 unspecified atom stereocenters. The Kier molecular flexibility index (Phi) is 4.87. The van der Waals surface area contributed by atoms with Crippen molar-refractivity contribution in [1.82, 2.24) is 4.31 Å². The molecule has 1 aromatic carbocycles. The van der Waals surface area contributed by atoms with Crippen LogP contribution in [0.5, 0.6) is 0 Å². The highest BCUT2D eigenvalue weighted by Gasteiger charge is 2.30. The smallest absolute Gasteiger partial charge is 0.291 e. The van der Waals surface area contributed by atoms with E-state index in [0.29, 0.717) is 28.8 Å². The summed E-state index contributed by atoms with van der Waals surface area (Å²) in [5, 5.41) is 3.07. The Labute approximate surface area is 149 Å². The second-order valence-electron chi connectivity index (χ2n) is 5.34. The Morgan fingerprint density at radius 3 is 2.33 bits per heavy atom. The van der Waals surface area contributed by atoms with Crippen molar-refractivity contribution in [1.29, 1.82) is 0 Å². The molecule has 9 heteroatoms. The second-order valence-corrected chi connectivity index (χ2v) is 8.08. The summed E-state index contributed by atoms with van der Waals surface area (Å²) in [6.45, 7) is 0.928. The van der Waals surface area contributed by atoms with Gasteiger partial charge in [-0.1, -0.05) is 23.2 Å². The number of hydrogen-bond donors (Lipinski definition) is 1. The minimum atomic E-state index is -3.69. The molecule has 128 valence electrons. The van der Waals surface area contributed by atoms with Gasteiger partial charge < -0.3 is 9.73 Å². The fraction of sp³-hybridized carbons (Fsp3) is 0.267. The molecule has 0 aliphatic carbocycles. The lowest BCUT2D eigenvalue weighted by atomic mass is 10.3. The summed E-state index contributed by atoms with van der Waals surface area (Å²) >= 11 is 11.7. The summed E-state index contributed by atoms with van der Waals surface area (Å²) in [7, 11) is -3.69. The first-order chi connectivity index (χ1) is 11.4. The van der Waals surface area contributed by atoms with Gasteiger partial charge in [-0.25, -0.2) is 8.42 Å². The lowest BCUT2D eigenvalue weighted by Crippen LogP contribution is -2.27. The number of furan rings is 1. The highest BCUT2D eigenvalue weighted by molar-refractivity contribution is 7.89. The zero-order valence-corrected chi connectivity index (χ0v) is 14.8. The first kappa shape index (κ1) is 17.3. The maximum atomic E-state index is 12.4. The van der Waals surface area contributed by atoms with Crippen LogP contribution in [0.15, 0.2) is 39.8 Å². The fourth-order valence-corrected chi connectivity index (χ4v) is 4.41. The number of anilines is 1. The van der Waals surface area contributed by atoms with Gasteiger partial charge in [0.2, 0.25) is 5.09 Å². The first-order valence-corrected chi connectivity index (χ1v) is 9.43. The molecule has 1 fully saturated rings. The largest absolute Gasteiger partial charge is 0.438 e. The maximum absolute atomic E-state index is 12.4. The number of hydrogen-bond acceptors (Lipinski definition) is 4. The van der Waals surface area contributed by atoms with Crippen LogP contribution in [0.25, 0.3) is 0 Å². The summed E-state index contributed by atoms with van der Waals surface area (Å²) in [6.07, 6.45) is 1.64. The third-order valence-electron chi connectivity index (χ3n) is 3.58. The number of nitrogens with one attached hydrogen (secondary N) is 1. The van der Waals surface area contributed by atoms with Crippen molar-refractivity contribution < 1.29 is 17.6 Å². The molecule has 0 spiro atoms. The molecule has 1 aliphatic heterocycles. The molecule has 24 heavy (non-hydrogen) atoms. The number of nitrogens with zero attached hydrogens (tertiary/aromatic N) is 1. The van der Waals surface area contributed by atoms with Gasteiger partial charge >= 0.3 is 0 Å². The third-order valence-corrected chi connectivity index (χ3v) is 5.79. The summed E-state index contributed by atoms with van der Waals surface area (Å²) < 4.78 is 31.4.